The second kappa shape index (κ2) is 14.6. The number of nitrogens with zero attached hydrogens (tertiary/aromatic N) is 2. The number of piperidine rings is 1. The van der Waals surface area contributed by atoms with Crippen LogP contribution in [0, 0.1) is 5.92 Å². The maximum absolute atomic E-state index is 12.6. The van der Waals surface area contributed by atoms with Crippen molar-refractivity contribution in [3.63, 3.8) is 0 Å². The maximum Gasteiger partial charge on any atom is 0.414 e. The summed E-state index contributed by atoms with van der Waals surface area (Å²) in [5.41, 5.74) is -1.55. The molecule has 0 bridgehead atoms. The van der Waals surface area contributed by atoms with Gasteiger partial charge in [-0.1, -0.05) is 6.08 Å². The van der Waals surface area contributed by atoms with Crippen LogP contribution in [-0.2, 0) is 23.8 Å². The van der Waals surface area contributed by atoms with E-state index in [0.717, 1.165) is 12.8 Å². The van der Waals surface area contributed by atoms with Crippen LogP contribution in [0.15, 0.2) is 16.6 Å². The van der Waals surface area contributed by atoms with Crippen LogP contribution in [0.3, 0.4) is 0 Å². The topological polar surface area (TPSA) is 168 Å². The van der Waals surface area contributed by atoms with Gasteiger partial charge in [0, 0.05) is 32.1 Å². The van der Waals surface area contributed by atoms with Crippen LogP contribution in [-0.4, -0.2) is 95.7 Å². The quantitative estimate of drug-likeness (QED) is 0.261. The first-order valence-corrected chi connectivity index (χ1v) is 14.1. The highest BCUT2D eigenvalue weighted by molar-refractivity contribution is 6.01. The lowest BCUT2D eigenvalue weighted by molar-refractivity contribution is -0.133. The Morgan fingerprint density at radius 2 is 1.63 bits per heavy atom. The second-order valence-corrected chi connectivity index (χ2v) is 12.4. The fourth-order valence-corrected chi connectivity index (χ4v) is 4.84. The van der Waals surface area contributed by atoms with Crippen molar-refractivity contribution in [3.8, 4) is 0 Å². The number of likely N-dealkylation sites (tertiary alicyclic amines) is 1. The van der Waals surface area contributed by atoms with Crippen LogP contribution in [0.5, 0.6) is 0 Å². The number of nitrogens with one attached hydrogen (secondary N) is 3. The third-order valence-electron chi connectivity index (χ3n) is 6.29. The molecule has 0 aromatic rings. The van der Waals surface area contributed by atoms with E-state index in [4.69, 9.17) is 14.2 Å². The predicted octanol–water partition coefficient (Wildman–Crippen LogP) is 2.80. The Bertz CT molecular complexity index is 982. The zero-order chi connectivity index (χ0) is 31.0. The molecule has 0 aromatic heterocycles. The van der Waals surface area contributed by atoms with Gasteiger partial charge in [0.2, 0.25) is 11.9 Å². The Hall–Kier alpha value is -3.19. The largest absolute Gasteiger partial charge is 0.478 e. The van der Waals surface area contributed by atoms with E-state index in [1.807, 2.05) is 6.92 Å². The second-order valence-electron chi connectivity index (χ2n) is 12.4. The van der Waals surface area contributed by atoms with E-state index >= 15 is 0 Å². The van der Waals surface area contributed by atoms with Gasteiger partial charge >= 0.3 is 18.2 Å². The molecule has 13 nitrogen and oxygen atoms in total. The summed E-state index contributed by atoms with van der Waals surface area (Å²) >= 11 is 0. The van der Waals surface area contributed by atoms with Gasteiger partial charge in [-0.3, -0.25) is 20.3 Å². The molecular weight excluding hydrogens is 534 g/mol. The summed E-state index contributed by atoms with van der Waals surface area (Å²) in [5, 5.41) is 17.8. The minimum absolute atomic E-state index is 0.0531. The van der Waals surface area contributed by atoms with Crippen molar-refractivity contribution >= 4 is 30.0 Å². The van der Waals surface area contributed by atoms with E-state index in [0.29, 0.717) is 26.3 Å². The molecule has 41 heavy (non-hydrogen) atoms. The van der Waals surface area contributed by atoms with Crippen molar-refractivity contribution in [1.82, 2.24) is 20.9 Å². The number of carboxylic acids is 1. The lowest BCUT2D eigenvalue weighted by atomic mass is 9.84. The van der Waals surface area contributed by atoms with Gasteiger partial charge in [-0.25, -0.2) is 19.4 Å². The standard InChI is InChI=1S/C28H47N5O8/c1-9-39-16-18-11-10-12-33(15-18)21-14-19(23(35)36)13-20(22(21)29-17(2)34)30-24(31-25(37)40-27(3,4)5)32-26(38)41-28(6,7)8/h14,18,20-22H,9-13,15-16H2,1-8H3,(H,29,34)(H,35,36)(H2,30,31,32,37,38)/t18-,20-,21+,22+/m0/s1. The van der Waals surface area contributed by atoms with Crippen LogP contribution in [0.25, 0.3) is 0 Å². The van der Waals surface area contributed by atoms with Crippen LogP contribution >= 0.6 is 0 Å². The Morgan fingerprint density at radius 3 is 2.12 bits per heavy atom. The highest BCUT2D eigenvalue weighted by Crippen LogP contribution is 2.29. The van der Waals surface area contributed by atoms with Gasteiger partial charge in [-0.2, -0.15) is 0 Å². The van der Waals surface area contributed by atoms with Crippen LogP contribution in [0.4, 0.5) is 9.59 Å². The van der Waals surface area contributed by atoms with Crippen molar-refractivity contribution in [2.75, 3.05) is 26.3 Å². The van der Waals surface area contributed by atoms with Crippen molar-refractivity contribution in [3.05, 3.63) is 11.6 Å². The zero-order valence-corrected chi connectivity index (χ0v) is 25.5. The Balaban J connectivity index is 2.49. The van der Waals surface area contributed by atoms with Crippen molar-refractivity contribution in [2.24, 2.45) is 10.9 Å². The molecule has 2 aliphatic rings. The molecule has 2 rings (SSSR count). The molecule has 0 saturated carbocycles. The number of carbonyl (C=O) groups is 4. The SMILES string of the molecule is CCOC[C@H]1CCCN([C@@H]2C=C(C(=O)O)C[C@H](N=C(NC(=O)OC(C)(C)C)NC(=O)OC(C)(C)C)[C@H]2NC(C)=O)C1. The van der Waals surface area contributed by atoms with E-state index in [1.165, 1.54) is 6.92 Å². The smallest absolute Gasteiger partial charge is 0.414 e. The third kappa shape index (κ3) is 12.1. The molecule has 1 aliphatic carbocycles. The monoisotopic (exact) mass is 581 g/mol. The van der Waals surface area contributed by atoms with Crippen LogP contribution in [0.1, 0.15) is 74.7 Å². The molecule has 1 heterocycles. The molecule has 13 heteroatoms. The summed E-state index contributed by atoms with van der Waals surface area (Å²) in [7, 11) is 0. The number of hydrogen-bond donors (Lipinski definition) is 4. The average molecular weight is 582 g/mol. The first-order valence-electron chi connectivity index (χ1n) is 14.1. The highest BCUT2D eigenvalue weighted by atomic mass is 16.6. The van der Waals surface area contributed by atoms with Gasteiger partial charge in [-0.05, 0) is 73.8 Å². The van der Waals surface area contributed by atoms with Crippen molar-refractivity contribution < 1.29 is 38.5 Å². The fourth-order valence-electron chi connectivity index (χ4n) is 4.84. The fraction of sp³-hybridized carbons (Fsp3) is 0.750. The number of alkyl carbamates (subject to hydrolysis) is 2. The molecule has 232 valence electrons. The highest BCUT2D eigenvalue weighted by Gasteiger charge is 2.40. The number of guanidine groups is 1. The summed E-state index contributed by atoms with van der Waals surface area (Å²) in [6, 6.07) is -2.01. The maximum atomic E-state index is 12.6. The average Bonchev–Trinajstić information content (AvgIpc) is 2.80. The molecule has 0 spiro atoms. The number of aliphatic carboxylic acids is 1. The van der Waals surface area contributed by atoms with Gasteiger partial charge in [0.1, 0.15) is 11.2 Å². The Kier molecular flexibility index (Phi) is 12.1. The van der Waals surface area contributed by atoms with E-state index in [2.05, 4.69) is 25.8 Å². The summed E-state index contributed by atoms with van der Waals surface area (Å²) in [6.07, 6.45) is 1.73. The number of ether oxygens (including phenoxy) is 3. The van der Waals surface area contributed by atoms with Crippen LogP contribution in [0.2, 0.25) is 0 Å². The number of hydrogen-bond acceptors (Lipinski definition) is 9. The molecule has 0 unspecified atom stereocenters. The van der Waals surface area contributed by atoms with Crippen molar-refractivity contribution in [2.45, 2.75) is 104 Å². The molecule has 1 aliphatic heterocycles. The molecular formula is C28H47N5O8. The summed E-state index contributed by atoms with van der Waals surface area (Å²) in [5.74, 6) is -1.46. The van der Waals surface area contributed by atoms with E-state index in [9.17, 15) is 24.3 Å². The van der Waals surface area contributed by atoms with E-state index in [-0.39, 0.29) is 29.8 Å². The summed E-state index contributed by atoms with van der Waals surface area (Å²) < 4.78 is 16.3. The van der Waals surface area contributed by atoms with Crippen LogP contribution < -0.4 is 16.0 Å². The van der Waals surface area contributed by atoms with E-state index < -0.39 is 47.5 Å². The van der Waals surface area contributed by atoms with Gasteiger partial charge in [0.25, 0.3) is 0 Å². The first-order chi connectivity index (χ1) is 19.0. The molecule has 1 fully saturated rings. The minimum Gasteiger partial charge on any atom is -0.478 e. The molecule has 0 radical (unpaired) electrons. The van der Waals surface area contributed by atoms with E-state index in [1.54, 1.807) is 47.6 Å². The third-order valence-corrected chi connectivity index (χ3v) is 6.29. The van der Waals surface area contributed by atoms with Gasteiger partial charge in [0.05, 0.1) is 24.7 Å². The number of aliphatic imine (C=N–C) groups is 1. The lowest BCUT2D eigenvalue weighted by Gasteiger charge is -2.44. The first kappa shape index (κ1) is 34.0. The van der Waals surface area contributed by atoms with Gasteiger partial charge in [0.15, 0.2) is 0 Å². The number of carboxylic acid groups (broad SMARTS) is 1. The lowest BCUT2D eigenvalue weighted by Crippen LogP contribution is -2.60. The molecule has 1 saturated heterocycles. The molecule has 3 amide bonds. The number of amides is 3. The molecule has 4 atom stereocenters. The molecule has 0 aromatic carbocycles. The Labute approximate surface area is 242 Å². The number of rotatable bonds is 7. The van der Waals surface area contributed by atoms with Gasteiger partial charge < -0.3 is 24.6 Å². The predicted molar refractivity (Wildman–Crippen MR) is 152 cm³/mol. The molecule has 4 N–H and O–H groups in total. The van der Waals surface area contributed by atoms with Gasteiger partial charge in [-0.15, -0.1) is 0 Å². The number of carbonyl (C=O) groups excluding carboxylic acids is 3. The summed E-state index contributed by atoms with van der Waals surface area (Å²) in [4.78, 5) is 56.5. The Morgan fingerprint density at radius 1 is 1.05 bits per heavy atom. The van der Waals surface area contributed by atoms with Crippen molar-refractivity contribution in [1.29, 1.82) is 0 Å². The zero-order valence-electron chi connectivity index (χ0n) is 25.5. The minimum atomic E-state index is -1.11. The normalized spacial score (nSPS) is 23.5. The summed E-state index contributed by atoms with van der Waals surface area (Å²) in [6.45, 7) is 16.0.